The van der Waals surface area contributed by atoms with Gasteiger partial charge < -0.3 is 9.64 Å². The molecule has 0 saturated carbocycles. The molecule has 0 radical (unpaired) electrons. The van der Waals surface area contributed by atoms with E-state index in [0.29, 0.717) is 18.1 Å². The number of hydrogen-bond donors (Lipinski definition) is 0. The van der Waals surface area contributed by atoms with Gasteiger partial charge in [0.1, 0.15) is 18.2 Å². The second-order valence-corrected chi connectivity index (χ2v) is 4.92. The van der Waals surface area contributed by atoms with E-state index in [1.165, 1.54) is 18.4 Å². The van der Waals surface area contributed by atoms with E-state index in [2.05, 4.69) is 11.1 Å². The number of aryl methyl sites for hydroxylation is 2. The zero-order chi connectivity index (χ0) is 13.0. The van der Waals surface area contributed by atoms with Crippen LogP contribution in [0.1, 0.15) is 29.7 Å². The highest BCUT2D eigenvalue weighted by Crippen LogP contribution is 2.25. The van der Waals surface area contributed by atoms with Crippen LogP contribution in [0, 0.1) is 11.3 Å². The maximum atomic E-state index is 9.15. The van der Waals surface area contributed by atoms with Crippen LogP contribution >= 0.6 is 0 Å². The van der Waals surface area contributed by atoms with E-state index < -0.39 is 0 Å². The molecule has 1 aliphatic carbocycles. The molecule has 18 heavy (non-hydrogen) atoms. The van der Waals surface area contributed by atoms with Crippen molar-refractivity contribution in [1.82, 2.24) is 9.88 Å². The van der Waals surface area contributed by atoms with Gasteiger partial charge in [0.2, 0.25) is 5.88 Å². The molecule has 0 atom stereocenters. The number of ether oxygens (including phenoxy) is 1. The van der Waals surface area contributed by atoms with E-state index in [1.54, 1.807) is 0 Å². The summed E-state index contributed by atoms with van der Waals surface area (Å²) in [5.41, 5.74) is 2.90. The van der Waals surface area contributed by atoms with Crippen LogP contribution in [-0.2, 0) is 12.8 Å². The summed E-state index contributed by atoms with van der Waals surface area (Å²) in [6.45, 7) is 1.39. The van der Waals surface area contributed by atoms with Crippen LogP contribution in [0.3, 0.4) is 0 Å². The first kappa shape index (κ1) is 12.8. The van der Waals surface area contributed by atoms with Gasteiger partial charge in [-0.15, -0.1) is 0 Å². The fourth-order valence-electron chi connectivity index (χ4n) is 2.13. The number of nitriles is 1. The average molecular weight is 245 g/mol. The van der Waals surface area contributed by atoms with Crippen LogP contribution in [0.15, 0.2) is 6.07 Å². The molecule has 0 spiro atoms. The minimum atomic E-state index is 0.500. The van der Waals surface area contributed by atoms with Crippen molar-refractivity contribution in [1.29, 1.82) is 5.26 Å². The Balaban J connectivity index is 2.15. The predicted octanol–water partition coefficient (Wildman–Crippen LogP) is 1.77. The fraction of sp³-hybridized carbons (Fsp3) is 0.571. The van der Waals surface area contributed by atoms with Crippen molar-refractivity contribution in [2.75, 3.05) is 27.2 Å². The van der Waals surface area contributed by atoms with E-state index >= 15 is 0 Å². The molecule has 0 saturated heterocycles. The van der Waals surface area contributed by atoms with Gasteiger partial charge in [0, 0.05) is 12.2 Å². The van der Waals surface area contributed by atoms with Gasteiger partial charge in [-0.2, -0.15) is 5.26 Å². The molecule has 1 aromatic heterocycles. The zero-order valence-electron chi connectivity index (χ0n) is 11.1. The van der Waals surface area contributed by atoms with Gasteiger partial charge in [-0.1, -0.05) is 0 Å². The second kappa shape index (κ2) is 5.83. The summed E-state index contributed by atoms with van der Waals surface area (Å²) in [5, 5.41) is 9.15. The van der Waals surface area contributed by atoms with E-state index in [1.807, 2.05) is 25.1 Å². The van der Waals surface area contributed by atoms with Crippen molar-refractivity contribution >= 4 is 0 Å². The monoisotopic (exact) mass is 245 g/mol. The van der Waals surface area contributed by atoms with E-state index in [-0.39, 0.29) is 0 Å². The SMILES string of the molecule is CN(C)CCOc1nc2c(cc1C#N)CCCC2. The first-order valence-corrected chi connectivity index (χ1v) is 6.41. The van der Waals surface area contributed by atoms with Crippen LogP contribution in [0.5, 0.6) is 5.88 Å². The van der Waals surface area contributed by atoms with Crippen molar-refractivity contribution < 1.29 is 4.74 Å². The molecule has 4 heteroatoms. The lowest BCUT2D eigenvalue weighted by Crippen LogP contribution is -2.20. The number of nitrogens with zero attached hydrogens (tertiary/aromatic N) is 3. The van der Waals surface area contributed by atoms with Gasteiger partial charge in [0.15, 0.2) is 0 Å². The number of fused-ring (bicyclic) bond motifs is 1. The van der Waals surface area contributed by atoms with Crippen molar-refractivity contribution in [3.05, 3.63) is 22.9 Å². The highest BCUT2D eigenvalue weighted by molar-refractivity contribution is 5.43. The third-order valence-electron chi connectivity index (χ3n) is 3.16. The number of hydrogen-bond acceptors (Lipinski definition) is 4. The molecule has 0 fully saturated rings. The molecule has 0 aromatic carbocycles. The van der Waals surface area contributed by atoms with Gasteiger partial charge in [-0.25, -0.2) is 4.98 Å². The molecular weight excluding hydrogens is 226 g/mol. The van der Waals surface area contributed by atoms with Gasteiger partial charge in [-0.3, -0.25) is 0 Å². The highest BCUT2D eigenvalue weighted by Gasteiger charge is 2.15. The first-order chi connectivity index (χ1) is 8.70. The standard InChI is InChI=1S/C14H19N3O/c1-17(2)7-8-18-14-12(10-15)9-11-5-3-4-6-13(11)16-14/h9H,3-8H2,1-2H3. The topological polar surface area (TPSA) is 49.1 Å². The molecule has 4 nitrogen and oxygen atoms in total. The van der Waals surface area contributed by atoms with E-state index in [0.717, 1.165) is 25.1 Å². The molecule has 0 unspecified atom stereocenters. The van der Waals surface area contributed by atoms with Crippen LogP contribution in [0.25, 0.3) is 0 Å². The Hall–Kier alpha value is -1.60. The van der Waals surface area contributed by atoms with Gasteiger partial charge in [-0.05, 0) is 51.4 Å². The Morgan fingerprint density at radius 2 is 2.17 bits per heavy atom. The summed E-state index contributed by atoms with van der Waals surface area (Å²) in [6.07, 6.45) is 4.42. The second-order valence-electron chi connectivity index (χ2n) is 4.92. The lowest BCUT2D eigenvalue weighted by molar-refractivity contribution is 0.252. The highest BCUT2D eigenvalue weighted by atomic mass is 16.5. The lowest BCUT2D eigenvalue weighted by atomic mass is 9.95. The quantitative estimate of drug-likeness (QED) is 0.811. The fourth-order valence-corrected chi connectivity index (χ4v) is 2.13. The molecule has 0 amide bonds. The van der Waals surface area contributed by atoms with Crippen molar-refractivity contribution in [2.45, 2.75) is 25.7 Å². The average Bonchev–Trinajstić information content (AvgIpc) is 2.37. The summed E-state index contributed by atoms with van der Waals surface area (Å²) in [7, 11) is 3.99. The van der Waals surface area contributed by atoms with Gasteiger partial charge >= 0.3 is 0 Å². The molecule has 0 aliphatic heterocycles. The molecule has 1 aliphatic rings. The molecular formula is C14H19N3O. The number of aromatic nitrogens is 1. The molecule has 2 rings (SSSR count). The van der Waals surface area contributed by atoms with Crippen molar-refractivity contribution in [3.8, 4) is 11.9 Å². The third kappa shape index (κ3) is 2.99. The summed E-state index contributed by atoms with van der Waals surface area (Å²) < 4.78 is 5.63. The van der Waals surface area contributed by atoms with Crippen LogP contribution < -0.4 is 4.74 Å². The normalized spacial score (nSPS) is 14.1. The van der Waals surface area contributed by atoms with Crippen LogP contribution in [-0.4, -0.2) is 37.1 Å². The van der Waals surface area contributed by atoms with Crippen molar-refractivity contribution in [2.24, 2.45) is 0 Å². The summed E-state index contributed by atoms with van der Waals surface area (Å²) in [6, 6.07) is 4.13. The van der Waals surface area contributed by atoms with Crippen molar-refractivity contribution in [3.63, 3.8) is 0 Å². The van der Waals surface area contributed by atoms with E-state index in [9.17, 15) is 0 Å². The summed E-state index contributed by atoms with van der Waals surface area (Å²) >= 11 is 0. The Morgan fingerprint density at radius 3 is 2.89 bits per heavy atom. The number of pyridine rings is 1. The third-order valence-corrected chi connectivity index (χ3v) is 3.16. The molecule has 0 N–H and O–H groups in total. The minimum Gasteiger partial charge on any atom is -0.475 e. The lowest BCUT2D eigenvalue weighted by Gasteiger charge is -2.17. The zero-order valence-corrected chi connectivity index (χ0v) is 11.1. The van der Waals surface area contributed by atoms with Gasteiger partial charge in [0.25, 0.3) is 0 Å². The van der Waals surface area contributed by atoms with Crippen LogP contribution in [0.2, 0.25) is 0 Å². The Bertz CT molecular complexity index is 463. The Kier molecular flexibility index (Phi) is 4.16. The summed E-state index contributed by atoms with van der Waals surface area (Å²) in [5.74, 6) is 0.500. The van der Waals surface area contributed by atoms with E-state index in [4.69, 9.17) is 10.00 Å². The Morgan fingerprint density at radius 1 is 1.39 bits per heavy atom. The Labute approximate surface area is 108 Å². The molecule has 0 bridgehead atoms. The smallest absolute Gasteiger partial charge is 0.231 e. The van der Waals surface area contributed by atoms with Gasteiger partial charge in [0.05, 0.1) is 0 Å². The molecule has 96 valence electrons. The maximum absolute atomic E-state index is 9.15. The number of rotatable bonds is 4. The largest absolute Gasteiger partial charge is 0.475 e. The first-order valence-electron chi connectivity index (χ1n) is 6.41. The molecule has 1 heterocycles. The summed E-state index contributed by atoms with van der Waals surface area (Å²) in [4.78, 5) is 6.56. The minimum absolute atomic E-state index is 0.500. The molecule has 1 aromatic rings. The number of likely N-dealkylation sites (N-methyl/N-ethyl adjacent to an activating group) is 1. The van der Waals surface area contributed by atoms with Crippen LogP contribution in [0.4, 0.5) is 0 Å². The predicted molar refractivity (Wildman–Crippen MR) is 69.6 cm³/mol. The maximum Gasteiger partial charge on any atom is 0.231 e.